The highest BCUT2D eigenvalue weighted by Gasteiger charge is 2.37. The average Bonchev–Trinajstić information content (AvgIpc) is 1.97. The lowest BCUT2D eigenvalue weighted by atomic mass is 10.2. The van der Waals surface area contributed by atoms with Crippen LogP contribution in [0, 0.1) is 5.92 Å². The number of halogens is 2. The summed E-state index contributed by atoms with van der Waals surface area (Å²) in [5.41, 5.74) is 0. The number of alkyl halides is 2. The first kappa shape index (κ1) is 14.0. The van der Waals surface area contributed by atoms with Crippen molar-refractivity contribution in [1.82, 2.24) is 0 Å². The summed E-state index contributed by atoms with van der Waals surface area (Å²) in [6, 6.07) is 0. The number of hydrogen-bond donors (Lipinski definition) is 0. The van der Waals surface area contributed by atoms with Gasteiger partial charge in [-0.3, -0.25) is 0 Å². The van der Waals surface area contributed by atoms with Gasteiger partial charge in [-0.15, -0.1) is 0 Å². The summed E-state index contributed by atoms with van der Waals surface area (Å²) in [5, 5.41) is 0.0921. The predicted octanol–water partition coefficient (Wildman–Crippen LogP) is 3.91. The highest BCUT2D eigenvalue weighted by atomic mass is 28.4. The molecule has 0 rings (SSSR count). The molecule has 0 fully saturated rings. The molecule has 0 aliphatic carbocycles. The Labute approximate surface area is 87.0 Å². The van der Waals surface area contributed by atoms with E-state index in [4.69, 9.17) is 4.43 Å². The third kappa shape index (κ3) is 4.05. The van der Waals surface area contributed by atoms with Crippen molar-refractivity contribution in [2.45, 2.75) is 52.3 Å². The van der Waals surface area contributed by atoms with E-state index in [9.17, 15) is 8.78 Å². The van der Waals surface area contributed by atoms with Crippen LogP contribution in [0.3, 0.4) is 0 Å². The van der Waals surface area contributed by atoms with Crippen LogP contribution in [-0.4, -0.2) is 21.3 Å². The smallest absolute Gasteiger partial charge is 0.243 e. The average molecular weight is 224 g/mol. The highest BCUT2D eigenvalue weighted by Crippen LogP contribution is 2.36. The summed E-state index contributed by atoms with van der Waals surface area (Å²) in [7, 11) is -1.85. The molecule has 0 heterocycles. The van der Waals surface area contributed by atoms with Crippen LogP contribution < -0.4 is 0 Å². The molecule has 0 aromatic heterocycles. The second-order valence-corrected chi connectivity index (χ2v) is 10.2. The minimum Gasteiger partial charge on any atom is -0.416 e. The van der Waals surface area contributed by atoms with E-state index in [-0.39, 0.29) is 11.6 Å². The standard InChI is InChI=1S/C10H22F2OSi/c1-8(9(11)12)7-13-14(5,6)10(2,3)4/h8-9H,7H2,1-6H3/t8-/m1/s1. The molecule has 4 heteroatoms. The fourth-order valence-corrected chi connectivity index (χ4v) is 1.74. The van der Waals surface area contributed by atoms with Gasteiger partial charge < -0.3 is 4.43 Å². The molecule has 14 heavy (non-hydrogen) atoms. The quantitative estimate of drug-likeness (QED) is 0.658. The lowest BCUT2D eigenvalue weighted by molar-refractivity contribution is 0.0544. The third-order valence-electron chi connectivity index (χ3n) is 2.94. The SMILES string of the molecule is C[C@H](CO[Si](C)(C)C(C)(C)C)C(F)F. The first-order chi connectivity index (χ1) is 6.08. The Balaban J connectivity index is 4.13. The zero-order valence-electron chi connectivity index (χ0n) is 10.0. The summed E-state index contributed by atoms with van der Waals surface area (Å²) in [4.78, 5) is 0. The van der Waals surface area contributed by atoms with Crippen LogP contribution in [0.15, 0.2) is 0 Å². The second kappa shape index (κ2) is 4.70. The fraction of sp³-hybridized carbons (Fsp3) is 1.00. The molecular formula is C10H22F2OSi. The summed E-state index contributed by atoms with van der Waals surface area (Å²) >= 11 is 0. The molecule has 0 saturated heterocycles. The molecule has 0 saturated carbocycles. The minimum atomic E-state index is -2.28. The lowest BCUT2D eigenvalue weighted by Crippen LogP contribution is -2.42. The van der Waals surface area contributed by atoms with Gasteiger partial charge >= 0.3 is 0 Å². The Bertz CT molecular complexity index is 175. The maximum absolute atomic E-state index is 12.2. The molecule has 0 bridgehead atoms. The highest BCUT2D eigenvalue weighted by molar-refractivity contribution is 6.74. The first-order valence-electron chi connectivity index (χ1n) is 5.00. The summed E-state index contributed by atoms with van der Waals surface area (Å²) in [6.45, 7) is 12.2. The van der Waals surface area contributed by atoms with Crippen LogP contribution in [-0.2, 0) is 4.43 Å². The van der Waals surface area contributed by atoms with Crippen LogP contribution in [0.1, 0.15) is 27.7 Å². The zero-order valence-corrected chi connectivity index (χ0v) is 11.0. The molecular weight excluding hydrogens is 202 g/mol. The molecule has 0 N–H and O–H groups in total. The van der Waals surface area contributed by atoms with E-state index in [0.717, 1.165) is 0 Å². The molecule has 1 nitrogen and oxygen atoms in total. The van der Waals surface area contributed by atoms with Crippen molar-refractivity contribution in [2.24, 2.45) is 5.92 Å². The fourth-order valence-electron chi connectivity index (χ4n) is 0.629. The first-order valence-corrected chi connectivity index (χ1v) is 7.91. The van der Waals surface area contributed by atoms with Crippen LogP contribution >= 0.6 is 0 Å². The van der Waals surface area contributed by atoms with Crippen molar-refractivity contribution in [2.75, 3.05) is 6.61 Å². The normalized spacial score (nSPS) is 16.1. The van der Waals surface area contributed by atoms with E-state index in [1.807, 2.05) is 0 Å². The van der Waals surface area contributed by atoms with Crippen LogP contribution in [0.25, 0.3) is 0 Å². The van der Waals surface area contributed by atoms with Crippen LogP contribution in [0.4, 0.5) is 8.78 Å². The van der Waals surface area contributed by atoms with E-state index in [1.54, 1.807) is 0 Å². The Hall–Kier alpha value is 0.0369. The Morgan fingerprint density at radius 3 is 1.93 bits per heavy atom. The lowest BCUT2D eigenvalue weighted by Gasteiger charge is -2.36. The molecule has 1 atom stereocenters. The van der Waals surface area contributed by atoms with Crippen molar-refractivity contribution < 1.29 is 13.2 Å². The van der Waals surface area contributed by atoms with E-state index >= 15 is 0 Å². The summed E-state index contributed by atoms with van der Waals surface area (Å²) in [6.07, 6.45) is -2.28. The van der Waals surface area contributed by atoms with E-state index in [0.29, 0.717) is 0 Å². The van der Waals surface area contributed by atoms with E-state index in [1.165, 1.54) is 6.92 Å². The molecule has 0 aliphatic heterocycles. The van der Waals surface area contributed by atoms with Crippen molar-refractivity contribution in [3.05, 3.63) is 0 Å². The Morgan fingerprint density at radius 2 is 1.64 bits per heavy atom. The molecule has 0 amide bonds. The van der Waals surface area contributed by atoms with Crippen molar-refractivity contribution in [3.63, 3.8) is 0 Å². The Morgan fingerprint density at radius 1 is 1.21 bits per heavy atom. The third-order valence-corrected chi connectivity index (χ3v) is 7.44. The summed E-state index contributed by atoms with van der Waals surface area (Å²) < 4.78 is 30.1. The monoisotopic (exact) mass is 224 g/mol. The van der Waals surface area contributed by atoms with Gasteiger partial charge in [0.2, 0.25) is 6.43 Å². The maximum Gasteiger partial charge on any atom is 0.243 e. The van der Waals surface area contributed by atoms with Crippen molar-refractivity contribution >= 4 is 8.32 Å². The summed E-state index contributed by atoms with van der Waals surface area (Å²) in [5.74, 6) is -0.663. The van der Waals surface area contributed by atoms with Gasteiger partial charge in [0, 0.05) is 12.5 Å². The number of rotatable bonds is 4. The minimum absolute atomic E-state index is 0.0921. The molecule has 0 radical (unpaired) electrons. The van der Waals surface area contributed by atoms with Gasteiger partial charge in [0.15, 0.2) is 8.32 Å². The van der Waals surface area contributed by atoms with Crippen LogP contribution in [0.5, 0.6) is 0 Å². The van der Waals surface area contributed by atoms with E-state index < -0.39 is 20.7 Å². The molecule has 0 aromatic rings. The van der Waals surface area contributed by atoms with Gasteiger partial charge in [0.1, 0.15) is 0 Å². The van der Waals surface area contributed by atoms with Crippen molar-refractivity contribution in [1.29, 1.82) is 0 Å². The van der Waals surface area contributed by atoms with Gasteiger partial charge in [-0.25, -0.2) is 8.78 Å². The molecule has 0 aliphatic rings. The van der Waals surface area contributed by atoms with Crippen LogP contribution in [0.2, 0.25) is 18.1 Å². The molecule has 0 aromatic carbocycles. The Kier molecular flexibility index (Phi) is 4.72. The van der Waals surface area contributed by atoms with E-state index in [2.05, 4.69) is 33.9 Å². The van der Waals surface area contributed by atoms with Crippen molar-refractivity contribution in [3.8, 4) is 0 Å². The second-order valence-electron chi connectivity index (χ2n) is 5.38. The zero-order chi connectivity index (χ0) is 11.6. The van der Waals surface area contributed by atoms with Gasteiger partial charge in [-0.2, -0.15) is 0 Å². The van der Waals surface area contributed by atoms with Gasteiger partial charge in [0.05, 0.1) is 0 Å². The predicted molar refractivity (Wildman–Crippen MR) is 58.3 cm³/mol. The maximum atomic E-state index is 12.2. The molecule has 0 unspecified atom stereocenters. The van der Waals surface area contributed by atoms with Gasteiger partial charge in [0.25, 0.3) is 0 Å². The van der Waals surface area contributed by atoms with Gasteiger partial charge in [-0.1, -0.05) is 27.7 Å². The molecule has 0 spiro atoms. The number of hydrogen-bond acceptors (Lipinski definition) is 1. The van der Waals surface area contributed by atoms with Gasteiger partial charge in [-0.05, 0) is 18.1 Å². The molecule has 86 valence electrons. The topological polar surface area (TPSA) is 9.23 Å². The largest absolute Gasteiger partial charge is 0.416 e.